The van der Waals surface area contributed by atoms with Crippen LogP contribution in [0, 0.1) is 29.6 Å². The molecule has 1 atom stereocenters. The zero-order chi connectivity index (χ0) is 12.2. The predicted molar refractivity (Wildman–Crippen MR) is 72.1 cm³/mol. The molecule has 0 aromatic rings. The van der Waals surface area contributed by atoms with Crippen LogP contribution in [-0.2, 0) is 4.74 Å². The van der Waals surface area contributed by atoms with Crippen LogP contribution in [0.25, 0.3) is 0 Å². The standard InChI is InChI=1S/C16H27NO/c17-16(3-4-18-10-16)2-1-15-13-6-11-5-12(8-13)9-14(15)7-11/h11-15H,1-10,17H2. The van der Waals surface area contributed by atoms with E-state index in [0.29, 0.717) is 0 Å². The van der Waals surface area contributed by atoms with Crippen LogP contribution in [0.1, 0.15) is 51.4 Å². The lowest BCUT2D eigenvalue weighted by molar-refractivity contribution is -0.0423. The van der Waals surface area contributed by atoms with Gasteiger partial charge in [-0.25, -0.2) is 0 Å². The minimum atomic E-state index is 0.0225. The van der Waals surface area contributed by atoms with E-state index in [1.165, 1.54) is 12.8 Å². The van der Waals surface area contributed by atoms with Crippen molar-refractivity contribution < 1.29 is 4.74 Å². The topological polar surface area (TPSA) is 35.2 Å². The van der Waals surface area contributed by atoms with E-state index in [4.69, 9.17) is 10.5 Å². The summed E-state index contributed by atoms with van der Waals surface area (Å²) < 4.78 is 5.49. The monoisotopic (exact) mass is 249 g/mol. The zero-order valence-corrected chi connectivity index (χ0v) is 11.4. The Labute approximate surface area is 111 Å². The molecule has 2 nitrogen and oxygen atoms in total. The Morgan fingerprint density at radius 2 is 1.67 bits per heavy atom. The fraction of sp³-hybridized carbons (Fsp3) is 1.00. The molecule has 1 saturated heterocycles. The smallest absolute Gasteiger partial charge is 0.0647 e. The van der Waals surface area contributed by atoms with Gasteiger partial charge in [-0.1, -0.05) is 0 Å². The maximum Gasteiger partial charge on any atom is 0.0647 e. The van der Waals surface area contributed by atoms with Crippen LogP contribution in [0.15, 0.2) is 0 Å². The van der Waals surface area contributed by atoms with Gasteiger partial charge < -0.3 is 10.5 Å². The van der Waals surface area contributed by atoms with Crippen molar-refractivity contribution in [1.29, 1.82) is 0 Å². The predicted octanol–water partition coefficient (Wildman–Crippen LogP) is 2.96. The molecular formula is C16H27NO. The average molecular weight is 249 g/mol. The number of nitrogens with two attached hydrogens (primary N) is 1. The summed E-state index contributed by atoms with van der Waals surface area (Å²) in [6.45, 7) is 1.69. The Hall–Kier alpha value is -0.0800. The van der Waals surface area contributed by atoms with Gasteiger partial charge in [-0.2, -0.15) is 0 Å². The molecule has 0 radical (unpaired) electrons. The molecule has 1 unspecified atom stereocenters. The second kappa shape index (κ2) is 4.21. The van der Waals surface area contributed by atoms with Crippen LogP contribution in [0.3, 0.4) is 0 Å². The molecule has 4 bridgehead atoms. The Kier molecular flexibility index (Phi) is 2.74. The molecule has 0 spiro atoms. The second-order valence-corrected chi connectivity index (χ2v) is 7.80. The van der Waals surface area contributed by atoms with Crippen molar-refractivity contribution in [2.45, 2.75) is 56.9 Å². The largest absolute Gasteiger partial charge is 0.379 e. The number of hydrogen-bond acceptors (Lipinski definition) is 2. The van der Waals surface area contributed by atoms with E-state index in [2.05, 4.69) is 0 Å². The summed E-state index contributed by atoms with van der Waals surface area (Å²) in [5, 5.41) is 0. The van der Waals surface area contributed by atoms with Gasteiger partial charge in [-0.05, 0) is 81.0 Å². The van der Waals surface area contributed by atoms with E-state index in [9.17, 15) is 0 Å². The molecule has 2 heteroatoms. The summed E-state index contributed by atoms with van der Waals surface area (Å²) >= 11 is 0. The summed E-state index contributed by atoms with van der Waals surface area (Å²) in [7, 11) is 0. The van der Waals surface area contributed by atoms with Gasteiger partial charge in [0.1, 0.15) is 0 Å². The Morgan fingerprint density at radius 3 is 2.22 bits per heavy atom. The van der Waals surface area contributed by atoms with Crippen molar-refractivity contribution in [3.8, 4) is 0 Å². The zero-order valence-electron chi connectivity index (χ0n) is 11.4. The summed E-state index contributed by atoms with van der Waals surface area (Å²) in [5.74, 6) is 5.34. The third kappa shape index (κ3) is 1.92. The van der Waals surface area contributed by atoms with E-state index >= 15 is 0 Å². The quantitative estimate of drug-likeness (QED) is 0.834. The molecule has 1 aliphatic heterocycles. The molecule has 0 aromatic heterocycles. The third-order valence-electron chi connectivity index (χ3n) is 6.53. The minimum absolute atomic E-state index is 0.0225. The van der Waals surface area contributed by atoms with Crippen molar-refractivity contribution in [3.05, 3.63) is 0 Å². The molecule has 0 aromatic carbocycles. The van der Waals surface area contributed by atoms with Gasteiger partial charge >= 0.3 is 0 Å². The van der Waals surface area contributed by atoms with Gasteiger partial charge in [0.15, 0.2) is 0 Å². The van der Waals surface area contributed by atoms with Crippen LogP contribution in [0.4, 0.5) is 0 Å². The second-order valence-electron chi connectivity index (χ2n) is 7.80. The Balaban J connectivity index is 1.40. The highest BCUT2D eigenvalue weighted by atomic mass is 16.5. The van der Waals surface area contributed by atoms with Crippen LogP contribution in [0.5, 0.6) is 0 Å². The molecule has 4 aliphatic carbocycles. The van der Waals surface area contributed by atoms with Crippen molar-refractivity contribution in [2.75, 3.05) is 13.2 Å². The molecule has 5 rings (SSSR count). The van der Waals surface area contributed by atoms with Crippen LogP contribution >= 0.6 is 0 Å². The molecule has 18 heavy (non-hydrogen) atoms. The van der Waals surface area contributed by atoms with Crippen molar-refractivity contribution in [1.82, 2.24) is 0 Å². The number of rotatable bonds is 3. The third-order valence-corrected chi connectivity index (χ3v) is 6.53. The first kappa shape index (κ1) is 11.7. The van der Waals surface area contributed by atoms with Crippen molar-refractivity contribution >= 4 is 0 Å². The first-order chi connectivity index (χ1) is 8.72. The molecule has 1 heterocycles. The fourth-order valence-electron chi connectivity index (χ4n) is 5.78. The average Bonchev–Trinajstić information content (AvgIpc) is 2.75. The molecule has 5 fully saturated rings. The molecule has 0 amide bonds. The van der Waals surface area contributed by atoms with Gasteiger partial charge in [0.25, 0.3) is 0 Å². The van der Waals surface area contributed by atoms with Crippen LogP contribution in [0.2, 0.25) is 0 Å². The Bertz CT molecular complexity index is 293. The first-order valence-electron chi connectivity index (χ1n) is 8.08. The summed E-state index contributed by atoms with van der Waals surface area (Å²) in [5.41, 5.74) is 6.46. The van der Waals surface area contributed by atoms with Crippen LogP contribution < -0.4 is 5.73 Å². The molecule has 5 aliphatic rings. The van der Waals surface area contributed by atoms with E-state index in [1.807, 2.05) is 0 Å². The summed E-state index contributed by atoms with van der Waals surface area (Å²) in [6.07, 6.45) is 11.4. The SMILES string of the molecule is NC1(CCC2C3CC4CC(C3)CC2C4)CCOC1. The maximum atomic E-state index is 6.44. The van der Waals surface area contributed by atoms with Gasteiger partial charge in [-0.3, -0.25) is 0 Å². The molecular weight excluding hydrogens is 222 g/mol. The highest BCUT2D eigenvalue weighted by Crippen LogP contribution is 2.57. The maximum absolute atomic E-state index is 6.44. The van der Waals surface area contributed by atoms with Crippen LogP contribution in [-0.4, -0.2) is 18.8 Å². The van der Waals surface area contributed by atoms with E-state index < -0.39 is 0 Å². The highest BCUT2D eigenvalue weighted by Gasteiger charge is 2.48. The van der Waals surface area contributed by atoms with Crippen molar-refractivity contribution in [3.63, 3.8) is 0 Å². The number of hydrogen-bond donors (Lipinski definition) is 1. The summed E-state index contributed by atoms with van der Waals surface area (Å²) in [6, 6.07) is 0. The Morgan fingerprint density at radius 1 is 1.00 bits per heavy atom. The normalized spacial score (nSPS) is 54.2. The van der Waals surface area contributed by atoms with Gasteiger partial charge in [0, 0.05) is 12.1 Å². The molecule has 2 N–H and O–H groups in total. The first-order valence-corrected chi connectivity index (χ1v) is 8.08. The van der Waals surface area contributed by atoms with E-state index in [0.717, 1.165) is 49.2 Å². The molecule has 4 saturated carbocycles. The van der Waals surface area contributed by atoms with Gasteiger partial charge in [-0.15, -0.1) is 0 Å². The number of ether oxygens (including phenoxy) is 1. The highest BCUT2D eigenvalue weighted by molar-refractivity contribution is 4.99. The van der Waals surface area contributed by atoms with E-state index in [-0.39, 0.29) is 5.54 Å². The lowest BCUT2D eigenvalue weighted by Gasteiger charge is -2.55. The lowest BCUT2D eigenvalue weighted by atomic mass is 9.51. The molecule has 102 valence electrons. The minimum Gasteiger partial charge on any atom is -0.379 e. The van der Waals surface area contributed by atoms with E-state index in [1.54, 1.807) is 32.1 Å². The fourth-order valence-corrected chi connectivity index (χ4v) is 5.78. The van der Waals surface area contributed by atoms with Crippen molar-refractivity contribution in [2.24, 2.45) is 35.3 Å². The van der Waals surface area contributed by atoms with Gasteiger partial charge in [0.05, 0.1) is 6.61 Å². The summed E-state index contributed by atoms with van der Waals surface area (Å²) in [4.78, 5) is 0. The van der Waals surface area contributed by atoms with Gasteiger partial charge in [0.2, 0.25) is 0 Å². The lowest BCUT2D eigenvalue weighted by Crippen LogP contribution is -2.47.